The highest BCUT2D eigenvalue weighted by Crippen LogP contribution is 2.36. The first-order chi connectivity index (χ1) is 15.0. The van der Waals surface area contributed by atoms with Gasteiger partial charge in [0.15, 0.2) is 17.5 Å². The Morgan fingerprint density at radius 1 is 0.935 bits per heavy atom. The van der Waals surface area contributed by atoms with Gasteiger partial charge in [-0.25, -0.2) is 9.97 Å². The van der Waals surface area contributed by atoms with Crippen LogP contribution in [0.25, 0.3) is 28.1 Å². The molecule has 2 N–H and O–H groups in total. The number of benzene rings is 2. The van der Waals surface area contributed by atoms with Crippen molar-refractivity contribution in [3.63, 3.8) is 0 Å². The van der Waals surface area contributed by atoms with Crippen LogP contribution in [0.3, 0.4) is 0 Å². The number of fused-ring (bicyclic) bond motifs is 1. The van der Waals surface area contributed by atoms with Crippen LogP contribution < -0.4 is 5.32 Å². The molecule has 0 saturated heterocycles. The van der Waals surface area contributed by atoms with E-state index < -0.39 is 11.7 Å². The maximum absolute atomic E-state index is 13.5. The fourth-order valence-corrected chi connectivity index (χ4v) is 3.17. The number of alkyl halides is 3. The molecular formula is C20H13F3N8. The summed E-state index contributed by atoms with van der Waals surface area (Å²) in [5.41, 5.74) is -0.225. The molecule has 0 aliphatic carbocycles. The summed E-state index contributed by atoms with van der Waals surface area (Å²) in [5, 5.41) is 19.1. The average molecular weight is 422 g/mol. The quantitative estimate of drug-likeness (QED) is 0.447. The zero-order valence-corrected chi connectivity index (χ0v) is 15.7. The van der Waals surface area contributed by atoms with Gasteiger partial charge in [0.1, 0.15) is 6.33 Å². The number of nitrogens with one attached hydrogen (secondary N) is 2. The molecule has 5 rings (SSSR count). The third-order valence-corrected chi connectivity index (χ3v) is 4.60. The zero-order chi connectivity index (χ0) is 21.4. The maximum atomic E-state index is 13.5. The molecule has 31 heavy (non-hydrogen) atoms. The number of aromatic nitrogens is 7. The Morgan fingerprint density at radius 3 is 2.55 bits per heavy atom. The summed E-state index contributed by atoms with van der Waals surface area (Å²) in [7, 11) is 0. The van der Waals surface area contributed by atoms with Crippen LogP contribution in [0.15, 0.2) is 67.3 Å². The average Bonchev–Trinajstić information content (AvgIpc) is 3.44. The van der Waals surface area contributed by atoms with Crippen molar-refractivity contribution in [2.24, 2.45) is 0 Å². The molecule has 3 heterocycles. The lowest BCUT2D eigenvalue weighted by Crippen LogP contribution is -2.11. The third-order valence-electron chi connectivity index (χ3n) is 4.60. The smallest absolute Gasteiger partial charge is 0.320 e. The van der Waals surface area contributed by atoms with Crippen LogP contribution in [0.2, 0.25) is 0 Å². The molecule has 0 aliphatic rings. The minimum Gasteiger partial charge on any atom is -0.320 e. The molecule has 2 aromatic carbocycles. The highest BCUT2D eigenvalue weighted by atomic mass is 19.4. The van der Waals surface area contributed by atoms with Crippen molar-refractivity contribution in [1.29, 1.82) is 0 Å². The van der Waals surface area contributed by atoms with Crippen LogP contribution in [0, 0.1) is 0 Å². The molecule has 0 radical (unpaired) electrons. The number of anilines is 2. The predicted octanol–water partition coefficient (Wildman–Crippen LogP) is 4.36. The maximum Gasteiger partial charge on any atom is 0.417 e. The second-order valence-corrected chi connectivity index (χ2v) is 6.56. The number of rotatable bonds is 4. The normalized spacial score (nSPS) is 11.7. The van der Waals surface area contributed by atoms with Crippen LogP contribution in [0.4, 0.5) is 24.8 Å². The number of nitrogens with zero attached hydrogens (tertiary/aromatic N) is 6. The molecular weight excluding hydrogens is 409 g/mol. The van der Waals surface area contributed by atoms with E-state index in [4.69, 9.17) is 0 Å². The van der Waals surface area contributed by atoms with Crippen molar-refractivity contribution in [3.8, 4) is 17.2 Å². The fraction of sp³-hybridized carbons (Fsp3) is 0.0500. The molecule has 0 spiro atoms. The van der Waals surface area contributed by atoms with Gasteiger partial charge in [0.25, 0.3) is 0 Å². The fourth-order valence-electron chi connectivity index (χ4n) is 3.17. The number of hydrogen-bond donors (Lipinski definition) is 2. The van der Waals surface area contributed by atoms with E-state index >= 15 is 0 Å². The van der Waals surface area contributed by atoms with Crippen molar-refractivity contribution >= 4 is 22.5 Å². The number of hydrogen-bond acceptors (Lipinski definition) is 6. The van der Waals surface area contributed by atoms with Gasteiger partial charge in [0.05, 0.1) is 11.1 Å². The molecule has 0 unspecified atom stereocenters. The van der Waals surface area contributed by atoms with Crippen LogP contribution in [-0.2, 0) is 6.18 Å². The van der Waals surface area contributed by atoms with Gasteiger partial charge in [-0.3, -0.25) is 9.67 Å². The van der Waals surface area contributed by atoms with Gasteiger partial charge in [0, 0.05) is 23.3 Å². The summed E-state index contributed by atoms with van der Waals surface area (Å²) in [6.07, 6.45) is 0.100. The second kappa shape index (κ2) is 7.20. The lowest BCUT2D eigenvalue weighted by atomic mass is 10.1. The number of imidazole rings is 1. The van der Waals surface area contributed by atoms with E-state index in [2.05, 4.69) is 35.7 Å². The van der Waals surface area contributed by atoms with E-state index in [0.29, 0.717) is 5.82 Å². The summed E-state index contributed by atoms with van der Waals surface area (Å²) in [6.45, 7) is 0. The topological polar surface area (TPSA) is 97.2 Å². The van der Waals surface area contributed by atoms with E-state index in [9.17, 15) is 13.2 Å². The summed E-state index contributed by atoms with van der Waals surface area (Å²) >= 11 is 0. The summed E-state index contributed by atoms with van der Waals surface area (Å²) < 4.78 is 42.0. The van der Waals surface area contributed by atoms with Gasteiger partial charge >= 0.3 is 6.18 Å². The SMILES string of the molecule is FC(F)(F)c1ccccc1-c1nnc(-n2ccnc2)c(Nc2n[nH]c3ccccc23)n1. The molecule has 154 valence electrons. The van der Waals surface area contributed by atoms with Crippen molar-refractivity contribution in [3.05, 3.63) is 72.8 Å². The molecule has 0 atom stereocenters. The minimum atomic E-state index is -4.56. The Kier molecular flexibility index (Phi) is 4.35. The van der Waals surface area contributed by atoms with Gasteiger partial charge in [-0.15, -0.1) is 10.2 Å². The molecule has 0 saturated carbocycles. The third kappa shape index (κ3) is 3.45. The number of halogens is 3. The highest BCUT2D eigenvalue weighted by molar-refractivity contribution is 5.91. The Balaban J connectivity index is 1.66. The molecule has 0 fully saturated rings. The molecule has 0 aliphatic heterocycles. The first-order valence-corrected chi connectivity index (χ1v) is 9.10. The predicted molar refractivity (Wildman–Crippen MR) is 107 cm³/mol. The molecule has 3 aromatic heterocycles. The number of H-pyrrole nitrogens is 1. The molecule has 0 amide bonds. The Bertz CT molecular complexity index is 1360. The zero-order valence-electron chi connectivity index (χ0n) is 15.7. The Morgan fingerprint density at radius 2 is 1.74 bits per heavy atom. The first kappa shape index (κ1) is 18.7. The monoisotopic (exact) mass is 422 g/mol. The lowest BCUT2D eigenvalue weighted by Gasteiger charge is -2.13. The summed E-state index contributed by atoms with van der Waals surface area (Å²) in [5.74, 6) is 0.724. The minimum absolute atomic E-state index is 0.167. The Hall–Kier alpha value is -4.28. The van der Waals surface area contributed by atoms with Crippen molar-refractivity contribution in [2.45, 2.75) is 6.18 Å². The van der Waals surface area contributed by atoms with Gasteiger partial charge in [-0.2, -0.15) is 18.3 Å². The van der Waals surface area contributed by atoms with Crippen LogP contribution in [0.1, 0.15) is 5.56 Å². The highest BCUT2D eigenvalue weighted by Gasteiger charge is 2.34. The van der Waals surface area contributed by atoms with Gasteiger partial charge in [0.2, 0.25) is 5.82 Å². The van der Waals surface area contributed by atoms with Gasteiger partial charge in [-0.05, 0) is 18.2 Å². The van der Waals surface area contributed by atoms with Gasteiger partial charge in [-0.1, -0.05) is 30.3 Å². The molecule has 0 bridgehead atoms. The second-order valence-electron chi connectivity index (χ2n) is 6.56. The molecule has 8 nitrogen and oxygen atoms in total. The lowest BCUT2D eigenvalue weighted by molar-refractivity contribution is -0.137. The Labute approximate surface area is 172 Å². The van der Waals surface area contributed by atoms with Crippen LogP contribution in [0.5, 0.6) is 0 Å². The van der Waals surface area contributed by atoms with E-state index in [1.165, 1.54) is 24.5 Å². The van der Waals surface area contributed by atoms with Crippen LogP contribution >= 0.6 is 0 Å². The van der Waals surface area contributed by atoms with Crippen molar-refractivity contribution in [2.75, 3.05) is 5.32 Å². The largest absolute Gasteiger partial charge is 0.417 e. The number of para-hydroxylation sites is 1. The van der Waals surface area contributed by atoms with Crippen LogP contribution in [-0.4, -0.2) is 34.9 Å². The number of aromatic amines is 1. The van der Waals surface area contributed by atoms with Crippen molar-refractivity contribution < 1.29 is 13.2 Å². The van der Waals surface area contributed by atoms with Gasteiger partial charge < -0.3 is 5.32 Å². The van der Waals surface area contributed by atoms with E-state index in [0.717, 1.165) is 17.0 Å². The van der Waals surface area contributed by atoms with Crippen molar-refractivity contribution in [1.82, 2.24) is 34.9 Å². The summed E-state index contributed by atoms with van der Waals surface area (Å²) in [4.78, 5) is 8.35. The van der Waals surface area contributed by atoms with E-state index in [1.54, 1.807) is 17.0 Å². The summed E-state index contributed by atoms with van der Waals surface area (Å²) in [6, 6.07) is 12.5. The standard InChI is InChI=1S/C20H13F3N8/c21-20(22,23)14-7-3-1-5-12(14)16-25-18(19(30-29-16)31-10-9-24-11-31)26-17-13-6-2-4-8-15(13)27-28-17/h1-11H,(H2,25,26,27,28,29). The first-order valence-electron chi connectivity index (χ1n) is 9.10. The molecule has 11 heteroatoms. The molecule has 5 aromatic rings. The van der Waals surface area contributed by atoms with E-state index in [1.807, 2.05) is 24.3 Å². The van der Waals surface area contributed by atoms with E-state index in [-0.39, 0.29) is 23.0 Å².